The van der Waals surface area contributed by atoms with Crippen LogP contribution in [-0.4, -0.2) is 15.1 Å². The molecule has 3 aromatic rings. The molecule has 3 nitrogen and oxygen atoms in total. The molecule has 0 saturated heterocycles. The molecule has 2 aromatic heterocycles. The highest BCUT2D eigenvalue weighted by Gasteiger charge is 2.07. The Kier molecular flexibility index (Phi) is 2.78. The molecular formula is C14H11ClN2O. The van der Waals surface area contributed by atoms with Crippen molar-refractivity contribution in [2.24, 2.45) is 0 Å². The average molecular weight is 259 g/mol. The zero-order chi connectivity index (χ0) is 12.5. The second-order valence-electron chi connectivity index (χ2n) is 4.10. The maximum atomic E-state index is 9.37. The first kappa shape index (κ1) is 11.3. The highest BCUT2D eigenvalue weighted by atomic mass is 35.5. The second kappa shape index (κ2) is 4.44. The summed E-state index contributed by atoms with van der Waals surface area (Å²) in [4.78, 5) is 7.39. The number of benzene rings is 1. The Morgan fingerprint density at radius 3 is 2.94 bits per heavy atom. The summed E-state index contributed by atoms with van der Waals surface area (Å²) in [6.45, 7) is -0.0162. The molecule has 0 aliphatic heterocycles. The van der Waals surface area contributed by atoms with Gasteiger partial charge in [-0.1, -0.05) is 17.7 Å². The first-order valence-electron chi connectivity index (χ1n) is 5.61. The fourth-order valence-corrected chi connectivity index (χ4v) is 2.21. The normalized spacial score (nSPS) is 11.0. The van der Waals surface area contributed by atoms with Crippen molar-refractivity contribution in [2.75, 3.05) is 0 Å². The minimum atomic E-state index is -0.0162. The molecule has 0 atom stereocenters. The molecule has 0 aliphatic carbocycles. The lowest BCUT2D eigenvalue weighted by Crippen LogP contribution is -1.90. The standard InChI is InChI=1S/C14H11ClN2O/c15-12-2-1-10(8-18)13(6-12)11-5-9-3-4-16-14(9)17-7-11/h1-7,18H,8H2,(H,16,17). The lowest BCUT2D eigenvalue weighted by atomic mass is 10.0. The van der Waals surface area contributed by atoms with E-state index in [0.29, 0.717) is 5.02 Å². The fourth-order valence-electron chi connectivity index (χ4n) is 2.04. The van der Waals surface area contributed by atoms with Crippen LogP contribution in [-0.2, 0) is 6.61 Å². The van der Waals surface area contributed by atoms with Crippen molar-refractivity contribution in [1.82, 2.24) is 9.97 Å². The van der Waals surface area contributed by atoms with Crippen LogP contribution < -0.4 is 0 Å². The Morgan fingerprint density at radius 2 is 2.11 bits per heavy atom. The molecule has 0 bridgehead atoms. The predicted octanol–water partition coefficient (Wildman–Crippen LogP) is 3.38. The van der Waals surface area contributed by atoms with Crippen molar-refractivity contribution in [2.45, 2.75) is 6.61 Å². The van der Waals surface area contributed by atoms with Crippen molar-refractivity contribution in [3.63, 3.8) is 0 Å². The van der Waals surface area contributed by atoms with E-state index < -0.39 is 0 Å². The van der Waals surface area contributed by atoms with Gasteiger partial charge in [0.15, 0.2) is 0 Å². The van der Waals surface area contributed by atoms with Crippen LogP contribution in [0.3, 0.4) is 0 Å². The number of aromatic nitrogens is 2. The molecule has 0 radical (unpaired) electrons. The molecule has 0 amide bonds. The number of nitrogens with zero attached hydrogens (tertiary/aromatic N) is 1. The van der Waals surface area contributed by atoms with E-state index in [1.807, 2.05) is 30.5 Å². The summed E-state index contributed by atoms with van der Waals surface area (Å²) in [5, 5.41) is 11.1. The number of hydrogen-bond acceptors (Lipinski definition) is 2. The largest absolute Gasteiger partial charge is 0.392 e. The zero-order valence-electron chi connectivity index (χ0n) is 9.52. The van der Waals surface area contributed by atoms with Gasteiger partial charge >= 0.3 is 0 Å². The van der Waals surface area contributed by atoms with Crippen LogP contribution in [0.15, 0.2) is 42.7 Å². The minimum Gasteiger partial charge on any atom is -0.392 e. The van der Waals surface area contributed by atoms with Crippen LogP contribution in [0.25, 0.3) is 22.2 Å². The molecule has 90 valence electrons. The Labute approximate surface area is 109 Å². The SMILES string of the molecule is OCc1ccc(Cl)cc1-c1cnc2[nH]ccc2c1. The summed E-state index contributed by atoms with van der Waals surface area (Å²) >= 11 is 6.01. The van der Waals surface area contributed by atoms with Gasteiger partial charge in [-0.15, -0.1) is 0 Å². The quantitative estimate of drug-likeness (QED) is 0.740. The van der Waals surface area contributed by atoms with Crippen molar-refractivity contribution in [3.8, 4) is 11.1 Å². The summed E-state index contributed by atoms with van der Waals surface area (Å²) < 4.78 is 0. The van der Waals surface area contributed by atoms with E-state index in [0.717, 1.165) is 27.7 Å². The molecule has 0 unspecified atom stereocenters. The van der Waals surface area contributed by atoms with Gasteiger partial charge < -0.3 is 10.1 Å². The van der Waals surface area contributed by atoms with E-state index in [9.17, 15) is 5.11 Å². The number of H-pyrrole nitrogens is 1. The summed E-state index contributed by atoms with van der Waals surface area (Å²) in [6.07, 6.45) is 3.63. The topological polar surface area (TPSA) is 48.9 Å². The smallest absolute Gasteiger partial charge is 0.137 e. The van der Waals surface area contributed by atoms with Crippen molar-refractivity contribution in [3.05, 3.63) is 53.3 Å². The van der Waals surface area contributed by atoms with Gasteiger partial charge in [-0.2, -0.15) is 0 Å². The lowest BCUT2D eigenvalue weighted by molar-refractivity contribution is 0.282. The number of fused-ring (bicyclic) bond motifs is 1. The number of nitrogens with one attached hydrogen (secondary N) is 1. The molecule has 2 N–H and O–H groups in total. The van der Waals surface area contributed by atoms with Gasteiger partial charge in [0.1, 0.15) is 5.65 Å². The van der Waals surface area contributed by atoms with Crippen molar-refractivity contribution >= 4 is 22.6 Å². The van der Waals surface area contributed by atoms with E-state index in [1.165, 1.54) is 0 Å². The van der Waals surface area contributed by atoms with E-state index in [4.69, 9.17) is 11.6 Å². The number of aliphatic hydroxyl groups excluding tert-OH is 1. The predicted molar refractivity (Wildman–Crippen MR) is 72.5 cm³/mol. The van der Waals surface area contributed by atoms with E-state index in [2.05, 4.69) is 9.97 Å². The second-order valence-corrected chi connectivity index (χ2v) is 4.54. The Morgan fingerprint density at radius 1 is 1.22 bits per heavy atom. The Hall–Kier alpha value is -1.84. The number of rotatable bonds is 2. The minimum absolute atomic E-state index is 0.0162. The highest BCUT2D eigenvalue weighted by Crippen LogP contribution is 2.28. The Balaban J connectivity index is 2.21. The third-order valence-corrected chi connectivity index (χ3v) is 3.19. The maximum absolute atomic E-state index is 9.37. The molecule has 0 aliphatic rings. The van der Waals surface area contributed by atoms with Gasteiger partial charge in [-0.25, -0.2) is 4.98 Å². The van der Waals surface area contributed by atoms with Gasteiger partial charge in [0.2, 0.25) is 0 Å². The third kappa shape index (κ3) is 1.88. The number of pyridine rings is 1. The zero-order valence-corrected chi connectivity index (χ0v) is 10.3. The van der Waals surface area contributed by atoms with Gasteiger partial charge in [-0.3, -0.25) is 0 Å². The van der Waals surface area contributed by atoms with E-state index in [-0.39, 0.29) is 6.61 Å². The first-order chi connectivity index (χ1) is 8.78. The van der Waals surface area contributed by atoms with Gasteiger partial charge in [0, 0.05) is 28.4 Å². The lowest BCUT2D eigenvalue weighted by Gasteiger charge is -2.08. The van der Waals surface area contributed by atoms with Crippen LogP contribution in [0, 0.1) is 0 Å². The number of aromatic amines is 1. The van der Waals surface area contributed by atoms with Gasteiger partial charge in [0.25, 0.3) is 0 Å². The molecule has 0 spiro atoms. The molecule has 3 rings (SSSR count). The molecule has 18 heavy (non-hydrogen) atoms. The summed E-state index contributed by atoms with van der Waals surface area (Å²) in [5.41, 5.74) is 3.57. The Bertz CT molecular complexity index is 706. The highest BCUT2D eigenvalue weighted by molar-refractivity contribution is 6.30. The third-order valence-electron chi connectivity index (χ3n) is 2.95. The van der Waals surface area contributed by atoms with Gasteiger partial charge in [-0.05, 0) is 35.4 Å². The van der Waals surface area contributed by atoms with Crippen LogP contribution in [0.5, 0.6) is 0 Å². The summed E-state index contributed by atoms with van der Waals surface area (Å²) in [7, 11) is 0. The van der Waals surface area contributed by atoms with Gasteiger partial charge in [0.05, 0.1) is 6.61 Å². The molecule has 2 heterocycles. The molecular weight excluding hydrogens is 248 g/mol. The fraction of sp³-hybridized carbons (Fsp3) is 0.0714. The van der Waals surface area contributed by atoms with Crippen molar-refractivity contribution in [1.29, 1.82) is 0 Å². The van der Waals surface area contributed by atoms with Crippen LogP contribution in [0.2, 0.25) is 5.02 Å². The van der Waals surface area contributed by atoms with E-state index >= 15 is 0 Å². The summed E-state index contributed by atoms with van der Waals surface area (Å²) in [6, 6.07) is 9.46. The number of halogens is 1. The van der Waals surface area contributed by atoms with E-state index in [1.54, 1.807) is 12.3 Å². The average Bonchev–Trinajstić information content (AvgIpc) is 2.85. The molecule has 4 heteroatoms. The number of hydrogen-bond donors (Lipinski definition) is 2. The van der Waals surface area contributed by atoms with Crippen LogP contribution >= 0.6 is 11.6 Å². The first-order valence-corrected chi connectivity index (χ1v) is 5.98. The van der Waals surface area contributed by atoms with Crippen LogP contribution in [0.4, 0.5) is 0 Å². The molecule has 0 fully saturated rings. The molecule has 0 saturated carbocycles. The number of aliphatic hydroxyl groups is 1. The van der Waals surface area contributed by atoms with Crippen molar-refractivity contribution < 1.29 is 5.11 Å². The monoisotopic (exact) mass is 258 g/mol. The molecule has 1 aromatic carbocycles. The summed E-state index contributed by atoms with van der Waals surface area (Å²) in [5.74, 6) is 0. The van der Waals surface area contributed by atoms with Crippen LogP contribution in [0.1, 0.15) is 5.56 Å². The maximum Gasteiger partial charge on any atom is 0.137 e.